The van der Waals surface area contributed by atoms with Gasteiger partial charge in [-0.15, -0.1) is 19.0 Å². The van der Waals surface area contributed by atoms with Gasteiger partial charge in [-0.25, -0.2) is 0 Å². The number of piperidine rings is 3. The third kappa shape index (κ3) is 5.08. The number of carbonyl (C=O) groups is 1. The van der Waals surface area contributed by atoms with E-state index in [9.17, 15) is 15.0 Å². The average Bonchev–Trinajstić information content (AvgIpc) is 2.74. The zero-order valence-electron chi connectivity index (χ0n) is 16.6. The van der Waals surface area contributed by atoms with Gasteiger partial charge in [0.2, 0.25) is 0 Å². The second-order valence-electron chi connectivity index (χ2n) is 7.63. The number of hydrogen-bond donors (Lipinski definition) is 2. The van der Waals surface area contributed by atoms with Crippen LogP contribution in [0.15, 0.2) is 73.3 Å². The van der Waals surface area contributed by atoms with Crippen LogP contribution in [0.1, 0.15) is 36.8 Å². The molecule has 29 heavy (non-hydrogen) atoms. The first-order valence-electron chi connectivity index (χ1n) is 9.95. The van der Waals surface area contributed by atoms with Crippen molar-refractivity contribution in [3.05, 3.63) is 84.4 Å². The molecule has 2 N–H and O–H groups in total. The molecule has 3 aliphatic rings. The molecular formula is C24H30ClNO3. The molecule has 3 heterocycles. The Morgan fingerprint density at radius 2 is 1.52 bits per heavy atom. The highest BCUT2D eigenvalue weighted by Crippen LogP contribution is 2.36. The van der Waals surface area contributed by atoms with Crippen molar-refractivity contribution in [1.82, 2.24) is 4.90 Å². The lowest BCUT2D eigenvalue weighted by Crippen LogP contribution is -2.48. The van der Waals surface area contributed by atoms with Crippen molar-refractivity contribution >= 4 is 18.4 Å². The van der Waals surface area contributed by atoms with Gasteiger partial charge in [-0.05, 0) is 42.7 Å². The fourth-order valence-corrected chi connectivity index (χ4v) is 4.33. The molecular weight excluding hydrogens is 386 g/mol. The lowest BCUT2D eigenvalue weighted by atomic mass is 9.72. The zero-order chi connectivity index (χ0) is 20.0. The molecule has 3 fully saturated rings. The van der Waals surface area contributed by atoms with Gasteiger partial charge in [0.05, 0.1) is 0 Å². The standard InChI is InChI=1S/C17H16O2.C7H13NO.ClH/c1-2-13-17(16(18)19,14-9-5-3-6-10-14)15-11-7-4-8-12-15;9-7-5-6-1-3-8(7)4-2-6;/h2-12H,1,13H2,(H,18,19);6-7,9H,1-5H2;1H. The molecule has 0 radical (unpaired) electrons. The van der Waals surface area contributed by atoms with E-state index in [1.807, 2.05) is 60.7 Å². The van der Waals surface area contributed by atoms with Gasteiger partial charge in [0.1, 0.15) is 11.6 Å². The van der Waals surface area contributed by atoms with Crippen LogP contribution in [0.5, 0.6) is 0 Å². The largest absolute Gasteiger partial charge is 0.480 e. The quantitative estimate of drug-likeness (QED) is 0.707. The van der Waals surface area contributed by atoms with E-state index in [-0.39, 0.29) is 18.6 Å². The monoisotopic (exact) mass is 415 g/mol. The molecule has 0 saturated carbocycles. The summed E-state index contributed by atoms with van der Waals surface area (Å²) in [4.78, 5) is 14.1. The van der Waals surface area contributed by atoms with E-state index in [0.717, 1.165) is 36.6 Å². The summed E-state index contributed by atoms with van der Waals surface area (Å²) in [5, 5.41) is 19.1. The van der Waals surface area contributed by atoms with Crippen LogP contribution in [0.2, 0.25) is 0 Å². The summed E-state index contributed by atoms with van der Waals surface area (Å²) < 4.78 is 0. The van der Waals surface area contributed by atoms with Crippen LogP contribution in [0, 0.1) is 5.92 Å². The topological polar surface area (TPSA) is 60.8 Å². The molecule has 156 valence electrons. The van der Waals surface area contributed by atoms with Gasteiger partial charge in [-0.1, -0.05) is 66.7 Å². The lowest BCUT2D eigenvalue weighted by Gasteiger charge is -2.42. The van der Waals surface area contributed by atoms with E-state index in [4.69, 9.17) is 0 Å². The number of aliphatic hydroxyl groups excluding tert-OH is 1. The molecule has 3 saturated heterocycles. The number of carboxylic acids is 1. The normalized spacial score (nSPS) is 22.6. The van der Waals surface area contributed by atoms with Crippen LogP contribution < -0.4 is 0 Å². The van der Waals surface area contributed by atoms with Crippen LogP contribution >= 0.6 is 12.4 Å². The lowest BCUT2D eigenvalue weighted by molar-refractivity contribution is -0.142. The van der Waals surface area contributed by atoms with Crippen molar-refractivity contribution in [2.45, 2.75) is 37.3 Å². The molecule has 0 amide bonds. The highest BCUT2D eigenvalue weighted by atomic mass is 35.5. The van der Waals surface area contributed by atoms with Gasteiger partial charge in [-0.2, -0.15) is 0 Å². The molecule has 0 spiro atoms. The summed E-state index contributed by atoms with van der Waals surface area (Å²) in [5.41, 5.74) is 0.478. The summed E-state index contributed by atoms with van der Waals surface area (Å²) in [6.07, 6.45) is 5.58. The minimum absolute atomic E-state index is 0. The molecule has 5 rings (SSSR count). The number of fused-ring (bicyclic) bond motifs is 3. The minimum atomic E-state index is -1.07. The molecule has 2 aromatic carbocycles. The summed E-state index contributed by atoms with van der Waals surface area (Å²) in [7, 11) is 0. The Kier molecular flexibility index (Phi) is 8.45. The van der Waals surface area contributed by atoms with Crippen molar-refractivity contribution in [3.8, 4) is 0 Å². The van der Waals surface area contributed by atoms with E-state index in [1.54, 1.807) is 6.08 Å². The van der Waals surface area contributed by atoms with Crippen LogP contribution in [0.3, 0.4) is 0 Å². The molecule has 0 aliphatic carbocycles. The molecule has 2 bridgehead atoms. The third-order valence-electron chi connectivity index (χ3n) is 5.96. The Balaban J connectivity index is 0.000000250. The number of hydrogen-bond acceptors (Lipinski definition) is 3. The molecule has 1 unspecified atom stereocenters. The van der Waals surface area contributed by atoms with E-state index in [0.29, 0.717) is 6.42 Å². The SMILES string of the molecule is C=CCC(C(=O)O)(c1ccccc1)c1ccccc1.Cl.OC1CC2CCN1CC2. The first-order valence-corrected chi connectivity index (χ1v) is 9.95. The van der Waals surface area contributed by atoms with E-state index in [2.05, 4.69) is 11.5 Å². The Bertz CT molecular complexity index is 734. The van der Waals surface area contributed by atoms with Crippen molar-refractivity contribution in [2.75, 3.05) is 13.1 Å². The van der Waals surface area contributed by atoms with E-state index < -0.39 is 11.4 Å². The summed E-state index contributed by atoms with van der Waals surface area (Å²) >= 11 is 0. The highest BCUT2D eigenvalue weighted by Gasteiger charge is 2.40. The van der Waals surface area contributed by atoms with Crippen LogP contribution in [0.4, 0.5) is 0 Å². The first-order chi connectivity index (χ1) is 13.6. The number of rotatable bonds is 5. The Morgan fingerprint density at radius 1 is 1.03 bits per heavy atom. The van der Waals surface area contributed by atoms with Crippen molar-refractivity contribution < 1.29 is 15.0 Å². The summed E-state index contributed by atoms with van der Waals surface area (Å²) in [6.45, 7) is 5.98. The maximum absolute atomic E-state index is 12.0. The third-order valence-corrected chi connectivity index (χ3v) is 5.96. The van der Waals surface area contributed by atoms with Crippen molar-refractivity contribution in [2.24, 2.45) is 5.92 Å². The fourth-order valence-electron chi connectivity index (χ4n) is 4.33. The number of carboxylic acid groups (broad SMARTS) is 1. The molecule has 4 nitrogen and oxygen atoms in total. The van der Waals surface area contributed by atoms with Gasteiger partial charge in [0, 0.05) is 13.1 Å². The van der Waals surface area contributed by atoms with Crippen LogP contribution in [0.25, 0.3) is 0 Å². The number of halogens is 1. The van der Waals surface area contributed by atoms with Gasteiger partial charge in [0.15, 0.2) is 0 Å². The van der Waals surface area contributed by atoms with Crippen LogP contribution in [-0.4, -0.2) is 40.4 Å². The number of aliphatic carboxylic acids is 1. The summed E-state index contributed by atoms with van der Waals surface area (Å²) in [6, 6.07) is 18.6. The van der Waals surface area contributed by atoms with Crippen molar-refractivity contribution in [1.29, 1.82) is 0 Å². The number of allylic oxidation sites excluding steroid dienone is 1. The second kappa shape index (κ2) is 10.6. The number of nitrogens with zero attached hydrogens (tertiary/aromatic N) is 1. The van der Waals surface area contributed by atoms with Gasteiger partial charge in [0.25, 0.3) is 0 Å². The maximum atomic E-state index is 12.0. The predicted octanol–water partition coefficient (Wildman–Crippen LogP) is 4.48. The van der Waals surface area contributed by atoms with Gasteiger partial charge >= 0.3 is 5.97 Å². The van der Waals surface area contributed by atoms with Crippen LogP contribution in [-0.2, 0) is 10.2 Å². The Hall–Kier alpha value is -2.14. The average molecular weight is 416 g/mol. The van der Waals surface area contributed by atoms with Gasteiger partial charge < -0.3 is 10.2 Å². The summed E-state index contributed by atoms with van der Waals surface area (Å²) in [5.74, 6) is -0.0187. The highest BCUT2D eigenvalue weighted by molar-refractivity contribution is 5.86. The Morgan fingerprint density at radius 3 is 1.79 bits per heavy atom. The maximum Gasteiger partial charge on any atom is 0.318 e. The van der Waals surface area contributed by atoms with Crippen molar-refractivity contribution in [3.63, 3.8) is 0 Å². The molecule has 0 aromatic heterocycles. The molecule has 5 heteroatoms. The van der Waals surface area contributed by atoms with Gasteiger partial charge in [-0.3, -0.25) is 9.69 Å². The Labute approximate surface area is 179 Å². The smallest absolute Gasteiger partial charge is 0.318 e. The molecule has 2 aromatic rings. The molecule has 3 aliphatic heterocycles. The van der Waals surface area contributed by atoms with E-state index in [1.165, 1.54) is 12.8 Å². The zero-order valence-corrected chi connectivity index (χ0v) is 17.4. The second-order valence-corrected chi connectivity index (χ2v) is 7.63. The van der Waals surface area contributed by atoms with E-state index >= 15 is 0 Å². The number of aliphatic hydroxyl groups is 1. The predicted molar refractivity (Wildman–Crippen MR) is 118 cm³/mol. The fraction of sp³-hybridized carbons (Fsp3) is 0.375. The minimum Gasteiger partial charge on any atom is -0.480 e. The number of benzene rings is 2. The first kappa shape index (κ1) is 23.1. The molecule has 1 atom stereocenters.